The van der Waals surface area contributed by atoms with E-state index in [1.165, 1.54) is 0 Å². The van der Waals surface area contributed by atoms with Crippen LogP contribution in [0, 0.1) is 0 Å². The van der Waals surface area contributed by atoms with Gasteiger partial charge in [-0.2, -0.15) is 0 Å². The third-order valence-electron chi connectivity index (χ3n) is 4.52. The number of aromatic amines is 1. The summed E-state index contributed by atoms with van der Waals surface area (Å²) >= 11 is 7.22. The molecule has 1 heterocycles. The first-order valence-electron chi connectivity index (χ1n) is 8.49. The Balaban J connectivity index is 2.43. The number of hydrogen-bond acceptors (Lipinski definition) is 3. The van der Waals surface area contributed by atoms with Crippen LogP contribution in [0.4, 0.5) is 0 Å². The molecule has 4 nitrogen and oxygen atoms in total. The van der Waals surface area contributed by atoms with Crippen LogP contribution >= 0.6 is 31.9 Å². The van der Waals surface area contributed by atoms with Crippen LogP contribution < -0.4 is 0 Å². The number of rotatable bonds is 1. The first-order valence-corrected chi connectivity index (χ1v) is 10.1. The molecule has 26 heavy (non-hydrogen) atoms. The molecule has 0 saturated carbocycles. The Hall–Kier alpha value is -1.40. The number of aromatic nitrogens is 3. The van der Waals surface area contributed by atoms with E-state index >= 15 is 0 Å². The van der Waals surface area contributed by atoms with Crippen LogP contribution in [-0.2, 0) is 10.8 Å². The lowest BCUT2D eigenvalue weighted by Gasteiger charge is -2.32. The van der Waals surface area contributed by atoms with Crippen LogP contribution in [0.15, 0.2) is 27.1 Å². The molecule has 0 spiro atoms. The highest BCUT2D eigenvalue weighted by Crippen LogP contribution is 2.48. The van der Waals surface area contributed by atoms with Crippen molar-refractivity contribution in [2.24, 2.45) is 0 Å². The lowest BCUT2D eigenvalue weighted by molar-refractivity contribution is 0.437. The average molecular weight is 481 g/mol. The second-order valence-electron chi connectivity index (χ2n) is 8.64. The Morgan fingerprint density at radius 3 is 2.23 bits per heavy atom. The first kappa shape index (κ1) is 19.4. The van der Waals surface area contributed by atoms with E-state index < -0.39 is 0 Å². The molecule has 0 amide bonds. The molecule has 0 fully saturated rings. The molecule has 2 N–H and O–H groups in total. The van der Waals surface area contributed by atoms with Gasteiger partial charge >= 0.3 is 0 Å². The molecule has 3 aromatic rings. The minimum Gasteiger partial charge on any atom is -0.507 e. The lowest BCUT2D eigenvalue weighted by atomic mass is 9.73. The van der Waals surface area contributed by atoms with Gasteiger partial charge in [0.25, 0.3) is 0 Å². The fourth-order valence-electron chi connectivity index (χ4n) is 3.36. The zero-order chi connectivity index (χ0) is 19.4. The Morgan fingerprint density at radius 2 is 1.65 bits per heavy atom. The van der Waals surface area contributed by atoms with E-state index in [1.807, 2.05) is 12.1 Å². The minimum absolute atomic E-state index is 0.0731. The Labute approximate surface area is 170 Å². The van der Waals surface area contributed by atoms with Gasteiger partial charge in [0.2, 0.25) is 0 Å². The fourth-order valence-corrected chi connectivity index (χ4v) is 4.30. The molecule has 0 bridgehead atoms. The van der Waals surface area contributed by atoms with Gasteiger partial charge in [0.05, 0.1) is 5.52 Å². The number of fused-ring (bicyclic) bond motifs is 1. The van der Waals surface area contributed by atoms with Crippen molar-refractivity contribution in [3.63, 3.8) is 0 Å². The van der Waals surface area contributed by atoms with E-state index in [0.717, 1.165) is 42.2 Å². The summed E-state index contributed by atoms with van der Waals surface area (Å²) in [7, 11) is 0. The zero-order valence-electron chi connectivity index (χ0n) is 15.8. The Kier molecular flexibility index (Phi) is 4.72. The van der Waals surface area contributed by atoms with E-state index in [-0.39, 0.29) is 10.8 Å². The molecule has 0 aliphatic carbocycles. The number of H-pyrrole nitrogens is 1. The van der Waals surface area contributed by atoms with Gasteiger partial charge in [-0.05, 0) is 54.3 Å². The van der Waals surface area contributed by atoms with Gasteiger partial charge in [0, 0.05) is 25.6 Å². The molecule has 0 unspecified atom stereocenters. The van der Waals surface area contributed by atoms with Crippen molar-refractivity contribution in [2.45, 2.75) is 52.4 Å². The first-order chi connectivity index (χ1) is 11.9. The number of aromatic hydroxyl groups is 1. The van der Waals surface area contributed by atoms with Gasteiger partial charge in [0.15, 0.2) is 0 Å². The number of benzene rings is 2. The highest BCUT2D eigenvalue weighted by Gasteiger charge is 2.30. The van der Waals surface area contributed by atoms with Crippen LogP contribution in [-0.4, -0.2) is 20.5 Å². The molecule has 0 aliphatic heterocycles. The van der Waals surface area contributed by atoms with Crippen molar-refractivity contribution >= 4 is 42.9 Å². The van der Waals surface area contributed by atoms with Crippen LogP contribution in [0.25, 0.3) is 22.2 Å². The van der Waals surface area contributed by atoms with Gasteiger partial charge in [-0.3, -0.25) is 5.10 Å². The predicted octanol–water partition coefficient (Wildman–Crippen LogP) is 6.45. The van der Waals surface area contributed by atoms with Crippen molar-refractivity contribution in [3.8, 4) is 16.9 Å². The molecule has 3 rings (SSSR count). The fraction of sp³-hybridized carbons (Fsp3) is 0.400. The third kappa shape index (κ3) is 3.18. The number of nitrogens with zero attached hydrogens (tertiary/aromatic N) is 2. The van der Waals surface area contributed by atoms with E-state index in [0.29, 0.717) is 5.75 Å². The van der Waals surface area contributed by atoms with E-state index in [9.17, 15) is 5.11 Å². The summed E-state index contributed by atoms with van der Waals surface area (Å²) in [6.07, 6.45) is 0. The van der Waals surface area contributed by atoms with Crippen molar-refractivity contribution in [1.29, 1.82) is 0 Å². The normalized spacial score (nSPS) is 12.8. The highest BCUT2D eigenvalue weighted by atomic mass is 79.9. The van der Waals surface area contributed by atoms with E-state index in [1.54, 1.807) is 0 Å². The predicted molar refractivity (Wildman–Crippen MR) is 114 cm³/mol. The molecule has 0 aliphatic rings. The van der Waals surface area contributed by atoms with Crippen LogP contribution in [0.1, 0.15) is 52.7 Å². The largest absolute Gasteiger partial charge is 0.507 e. The summed E-state index contributed by atoms with van der Waals surface area (Å²) in [6, 6.07) is 6.02. The minimum atomic E-state index is -0.204. The third-order valence-corrected chi connectivity index (χ3v) is 6.50. The molecule has 2 aromatic carbocycles. The quantitative estimate of drug-likeness (QED) is 0.420. The number of hydrogen-bond donors (Lipinski definition) is 2. The van der Waals surface area contributed by atoms with Gasteiger partial charge in [-0.1, -0.05) is 58.9 Å². The topological polar surface area (TPSA) is 61.8 Å². The molecule has 0 radical (unpaired) electrons. The maximum Gasteiger partial charge on any atom is 0.127 e. The van der Waals surface area contributed by atoms with Crippen molar-refractivity contribution in [3.05, 3.63) is 38.3 Å². The summed E-state index contributed by atoms with van der Waals surface area (Å²) in [5.41, 5.74) is 4.94. The summed E-state index contributed by atoms with van der Waals surface area (Å²) in [4.78, 5) is 0. The second-order valence-corrected chi connectivity index (χ2v) is 10.3. The molecule has 6 heteroatoms. The zero-order valence-corrected chi connectivity index (χ0v) is 19.0. The van der Waals surface area contributed by atoms with Crippen molar-refractivity contribution in [1.82, 2.24) is 15.4 Å². The standard InChI is InChI=1S/C20H23Br2N3O/c1-19(2,3)11-8-7-10(18(26)15(11)20(4,5)6)14-16(22)12(21)9-13-17(14)24-25-23-13/h7-9,26H,1-6H3,(H,23,24,25). The monoisotopic (exact) mass is 479 g/mol. The van der Waals surface area contributed by atoms with Gasteiger partial charge < -0.3 is 5.11 Å². The lowest BCUT2D eigenvalue weighted by Crippen LogP contribution is -2.22. The molecule has 138 valence electrons. The van der Waals surface area contributed by atoms with Crippen LogP contribution in [0.3, 0.4) is 0 Å². The number of phenolic OH excluding ortho intramolecular Hbond substituents is 1. The summed E-state index contributed by atoms with van der Waals surface area (Å²) in [5.74, 6) is 0.299. The Bertz CT molecular complexity index is 995. The van der Waals surface area contributed by atoms with Crippen molar-refractivity contribution < 1.29 is 5.11 Å². The van der Waals surface area contributed by atoms with E-state index in [2.05, 4.69) is 94.9 Å². The second kappa shape index (κ2) is 6.34. The summed E-state index contributed by atoms with van der Waals surface area (Å²) in [5, 5.41) is 22.4. The van der Waals surface area contributed by atoms with E-state index in [4.69, 9.17) is 0 Å². The maximum atomic E-state index is 11.3. The molecule has 0 saturated heterocycles. The summed E-state index contributed by atoms with van der Waals surface area (Å²) in [6.45, 7) is 12.9. The average Bonchev–Trinajstić information content (AvgIpc) is 2.94. The Morgan fingerprint density at radius 1 is 1.00 bits per heavy atom. The number of halogens is 2. The highest BCUT2D eigenvalue weighted by molar-refractivity contribution is 9.13. The van der Waals surface area contributed by atoms with Crippen molar-refractivity contribution in [2.75, 3.05) is 0 Å². The molecular formula is C20H23Br2N3O. The summed E-state index contributed by atoms with van der Waals surface area (Å²) < 4.78 is 1.72. The van der Waals surface area contributed by atoms with Gasteiger partial charge in [-0.15, -0.1) is 5.10 Å². The molecular weight excluding hydrogens is 458 g/mol. The molecule has 0 atom stereocenters. The maximum absolute atomic E-state index is 11.3. The SMILES string of the molecule is CC(C)(C)c1ccc(-c2c(Br)c(Br)cc3[nH]nnc23)c(O)c1C(C)(C)C. The van der Waals surface area contributed by atoms with Crippen LogP contribution in [0.2, 0.25) is 0 Å². The number of phenols is 1. The van der Waals surface area contributed by atoms with Gasteiger partial charge in [0.1, 0.15) is 11.3 Å². The number of nitrogens with one attached hydrogen (secondary N) is 1. The van der Waals surface area contributed by atoms with Crippen LogP contribution in [0.5, 0.6) is 5.75 Å². The molecule has 1 aromatic heterocycles. The smallest absolute Gasteiger partial charge is 0.127 e. The van der Waals surface area contributed by atoms with Gasteiger partial charge in [-0.25, -0.2) is 0 Å².